The molecule has 0 amide bonds. The average Bonchev–Trinajstić information content (AvgIpc) is 3.12. The number of rotatable bonds is 7. The Balaban J connectivity index is 2.05. The molecule has 1 fully saturated rings. The summed E-state index contributed by atoms with van der Waals surface area (Å²) in [7, 11) is 1.49. The molecule has 1 aliphatic carbocycles. The molecule has 0 bridgehead atoms. The van der Waals surface area contributed by atoms with Crippen molar-refractivity contribution in [2.75, 3.05) is 13.7 Å². The summed E-state index contributed by atoms with van der Waals surface area (Å²) in [6.07, 6.45) is 8.76. The van der Waals surface area contributed by atoms with Gasteiger partial charge in [0.2, 0.25) is 0 Å². The highest BCUT2D eigenvalue weighted by atomic mass is 16.5. The number of nitrogens with one attached hydrogen (secondary N) is 1. The van der Waals surface area contributed by atoms with Crippen LogP contribution in [0.15, 0.2) is 18.5 Å². The van der Waals surface area contributed by atoms with Crippen molar-refractivity contribution in [3.8, 4) is 0 Å². The lowest BCUT2D eigenvalue weighted by Crippen LogP contribution is -2.55. The van der Waals surface area contributed by atoms with Crippen LogP contribution in [0.25, 0.3) is 0 Å². The molecule has 1 heterocycles. The molecule has 5 nitrogen and oxygen atoms in total. The summed E-state index contributed by atoms with van der Waals surface area (Å²) in [6.45, 7) is 3.82. The van der Waals surface area contributed by atoms with Gasteiger partial charge < -0.3 is 10.1 Å². The minimum Gasteiger partial charge on any atom is -0.468 e. The second-order valence-electron chi connectivity index (χ2n) is 5.54. The van der Waals surface area contributed by atoms with E-state index in [2.05, 4.69) is 17.3 Å². The monoisotopic (exact) mass is 279 g/mol. The molecule has 1 saturated carbocycles. The van der Waals surface area contributed by atoms with Crippen LogP contribution in [-0.2, 0) is 16.1 Å². The highest BCUT2D eigenvalue weighted by molar-refractivity contribution is 5.81. The second-order valence-corrected chi connectivity index (χ2v) is 5.54. The van der Waals surface area contributed by atoms with Crippen LogP contribution < -0.4 is 5.32 Å². The van der Waals surface area contributed by atoms with E-state index >= 15 is 0 Å². The second kappa shape index (κ2) is 6.88. The van der Waals surface area contributed by atoms with Gasteiger partial charge in [0.15, 0.2) is 0 Å². The third kappa shape index (κ3) is 3.03. The van der Waals surface area contributed by atoms with E-state index in [1.165, 1.54) is 7.11 Å². The molecule has 112 valence electrons. The SMILES string of the molecule is CCCNC1(C(=O)OC)CCCC1CCn1cccn1. The maximum atomic E-state index is 12.3. The summed E-state index contributed by atoms with van der Waals surface area (Å²) in [6, 6.07) is 1.93. The number of ether oxygens (including phenoxy) is 1. The minimum atomic E-state index is -0.488. The first-order chi connectivity index (χ1) is 9.73. The summed E-state index contributed by atoms with van der Waals surface area (Å²) in [5.41, 5.74) is -0.488. The lowest BCUT2D eigenvalue weighted by Gasteiger charge is -2.34. The molecule has 2 unspecified atom stereocenters. The molecule has 5 heteroatoms. The van der Waals surface area contributed by atoms with Crippen molar-refractivity contribution in [1.29, 1.82) is 0 Å². The largest absolute Gasteiger partial charge is 0.468 e. The molecular formula is C15H25N3O2. The number of hydrogen-bond acceptors (Lipinski definition) is 4. The van der Waals surface area contributed by atoms with E-state index in [1.807, 2.05) is 16.9 Å². The van der Waals surface area contributed by atoms with Crippen LogP contribution in [0.3, 0.4) is 0 Å². The Hall–Kier alpha value is -1.36. The topological polar surface area (TPSA) is 56.1 Å². The molecule has 0 saturated heterocycles. The molecule has 2 rings (SSSR count). The van der Waals surface area contributed by atoms with Gasteiger partial charge in [0, 0.05) is 18.9 Å². The van der Waals surface area contributed by atoms with Gasteiger partial charge in [-0.25, -0.2) is 0 Å². The number of aromatic nitrogens is 2. The number of carbonyl (C=O) groups is 1. The van der Waals surface area contributed by atoms with Crippen molar-refractivity contribution < 1.29 is 9.53 Å². The van der Waals surface area contributed by atoms with Crippen molar-refractivity contribution in [1.82, 2.24) is 15.1 Å². The zero-order valence-electron chi connectivity index (χ0n) is 12.5. The van der Waals surface area contributed by atoms with Gasteiger partial charge in [-0.2, -0.15) is 5.10 Å². The molecule has 20 heavy (non-hydrogen) atoms. The van der Waals surface area contributed by atoms with Crippen LogP contribution >= 0.6 is 0 Å². The fourth-order valence-corrected chi connectivity index (χ4v) is 3.29. The molecule has 0 radical (unpaired) electrons. The van der Waals surface area contributed by atoms with Gasteiger partial charge in [-0.15, -0.1) is 0 Å². The third-order valence-corrected chi connectivity index (χ3v) is 4.33. The van der Waals surface area contributed by atoms with Gasteiger partial charge >= 0.3 is 5.97 Å². The first-order valence-electron chi connectivity index (χ1n) is 7.54. The highest BCUT2D eigenvalue weighted by Crippen LogP contribution is 2.39. The van der Waals surface area contributed by atoms with E-state index in [1.54, 1.807) is 6.20 Å². The smallest absolute Gasteiger partial charge is 0.326 e. The van der Waals surface area contributed by atoms with Crippen LogP contribution in [0.5, 0.6) is 0 Å². The maximum absolute atomic E-state index is 12.3. The Morgan fingerprint density at radius 1 is 1.60 bits per heavy atom. The Bertz CT molecular complexity index is 419. The predicted octanol–water partition coefficient (Wildman–Crippen LogP) is 1.98. The number of aryl methyl sites for hydroxylation is 1. The van der Waals surface area contributed by atoms with Gasteiger partial charge in [-0.05, 0) is 44.2 Å². The van der Waals surface area contributed by atoms with Gasteiger partial charge in [-0.1, -0.05) is 13.3 Å². The Morgan fingerprint density at radius 2 is 2.45 bits per heavy atom. The van der Waals surface area contributed by atoms with Crippen LogP contribution in [-0.4, -0.2) is 34.9 Å². The lowest BCUT2D eigenvalue weighted by molar-refractivity contribution is -0.150. The van der Waals surface area contributed by atoms with Crippen molar-refractivity contribution in [3.63, 3.8) is 0 Å². The number of carbonyl (C=O) groups excluding carboxylic acids is 1. The van der Waals surface area contributed by atoms with Gasteiger partial charge in [0.25, 0.3) is 0 Å². The Kier molecular flexibility index (Phi) is 5.17. The van der Waals surface area contributed by atoms with Gasteiger partial charge in [0.05, 0.1) is 7.11 Å². The van der Waals surface area contributed by atoms with E-state index in [-0.39, 0.29) is 5.97 Å². The zero-order valence-corrected chi connectivity index (χ0v) is 12.5. The molecule has 1 aromatic rings. The summed E-state index contributed by atoms with van der Waals surface area (Å²) in [5, 5.41) is 7.70. The quantitative estimate of drug-likeness (QED) is 0.775. The van der Waals surface area contributed by atoms with Crippen molar-refractivity contribution >= 4 is 5.97 Å². The van der Waals surface area contributed by atoms with E-state index in [0.29, 0.717) is 5.92 Å². The first kappa shape index (κ1) is 15.0. The fourth-order valence-electron chi connectivity index (χ4n) is 3.29. The normalized spacial score (nSPS) is 25.8. The van der Waals surface area contributed by atoms with Crippen LogP contribution in [0, 0.1) is 5.92 Å². The van der Waals surface area contributed by atoms with E-state index in [0.717, 1.165) is 45.2 Å². The molecule has 1 aromatic heterocycles. The van der Waals surface area contributed by atoms with Crippen molar-refractivity contribution in [2.45, 2.75) is 51.1 Å². The molecule has 1 aliphatic rings. The third-order valence-electron chi connectivity index (χ3n) is 4.33. The fraction of sp³-hybridized carbons (Fsp3) is 0.733. The summed E-state index contributed by atoms with van der Waals surface area (Å²) < 4.78 is 7.01. The van der Waals surface area contributed by atoms with Gasteiger partial charge in [0.1, 0.15) is 5.54 Å². The molecule has 0 aromatic carbocycles. The van der Waals surface area contributed by atoms with Crippen LogP contribution in [0.4, 0.5) is 0 Å². The first-order valence-corrected chi connectivity index (χ1v) is 7.54. The number of nitrogens with zero attached hydrogens (tertiary/aromatic N) is 2. The Morgan fingerprint density at radius 3 is 3.10 bits per heavy atom. The van der Waals surface area contributed by atoms with E-state index < -0.39 is 5.54 Å². The molecule has 0 aliphatic heterocycles. The summed E-state index contributed by atoms with van der Waals surface area (Å²) in [4.78, 5) is 12.3. The Labute approximate surface area is 120 Å². The van der Waals surface area contributed by atoms with E-state index in [9.17, 15) is 4.79 Å². The zero-order chi connectivity index (χ0) is 14.4. The molecular weight excluding hydrogens is 254 g/mol. The lowest BCUT2D eigenvalue weighted by atomic mass is 9.84. The van der Waals surface area contributed by atoms with Crippen LogP contribution in [0.2, 0.25) is 0 Å². The van der Waals surface area contributed by atoms with Gasteiger partial charge in [-0.3, -0.25) is 9.48 Å². The molecule has 2 atom stereocenters. The predicted molar refractivity (Wildman–Crippen MR) is 77.2 cm³/mol. The highest BCUT2D eigenvalue weighted by Gasteiger charge is 2.49. The maximum Gasteiger partial charge on any atom is 0.326 e. The summed E-state index contributed by atoms with van der Waals surface area (Å²) in [5.74, 6) is 0.222. The standard InChI is InChI=1S/C15H25N3O2/c1-3-9-16-15(14(19)20-2)8-4-6-13(15)7-12-18-11-5-10-17-18/h5,10-11,13,16H,3-4,6-9,12H2,1-2H3. The number of esters is 1. The minimum absolute atomic E-state index is 0.103. The van der Waals surface area contributed by atoms with Crippen molar-refractivity contribution in [2.24, 2.45) is 5.92 Å². The van der Waals surface area contributed by atoms with E-state index in [4.69, 9.17) is 4.74 Å². The molecule has 1 N–H and O–H groups in total. The molecule has 0 spiro atoms. The van der Waals surface area contributed by atoms with Crippen molar-refractivity contribution in [3.05, 3.63) is 18.5 Å². The number of hydrogen-bond donors (Lipinski definition) is 1. The van der Waals surface area contributed by atoms with Crippen LogP contribution in [0.1, 0.15) is 39.0 Å². The summed E-state index contributed by atoms with van der Waals surface area (Å²) >= 11 is 0. The number of methoxy groups -OCH3 is 1. The average molecular weight is 279 g/mol.